The van der Waals surface area contributed by atoms with Gasteiger partial charge in [-0.25, -0.2) is 0 Å². The third-order valence-electron chi connectivity index (χ3n) is 4.22. The molecule has 0 aromatic heterocycles. The molecule has 2 aromatic rings. The number of nitrogens with zero attached hydrogens (tertiary/aromatic N) is 2. The monoisotopic (exact) mass is 337 g/mol. The van der Waals surface area contributed by atoms with Gasteiger partial charge in [0.05, 0.1) is 0 Å². The molecule has 0 bridgehead atoms. The molecule has 7 heteroatoms. The first-order valence-corrected chi connectivity index (χ1v) is 7.69. The molecule has 0 aliphatic carbocycles. The number of rotatable bonds is 2. The average Bonchev–Trinajstić information content (AvgIpc) is 2.54. The van der Waals surface area contributed by atoms with E-state index < -0.39 is 12.1 Å². The SMILES string of the molecule is CN1CCN(c2cccc3ccc(NC(=O)C(F)(F)F)cc23)CC1. The Morgan fingerprint density at radius 2 is 1.79 bits per heavy atom. The first-order valence-electron chi connectivity index (χ1n) is 7.69. The van der Waals surface area contributed by atoms with Crippen LogP contribution in [0.2, 0.25) is 0 Å². The van der Waals surface area contributed by atoms with E-state index in [-0.39, 0.29) is 5.69 Å². The van der Waals surface area contributed by atoms with Crippen LogP contribution in [0.25, 0.3) is 10.8 Å². The number of carbonyl (C=O) groups excluding carboxylic acids is 1. The molecule has 24 heavy (non-hydrogen) atoms. The van der Waals surface area contributed by atoms with Gasteiger partial charge in [0.1, 0.15) is 0 Å². The molecule has 1 saturated heterocycles. The Kier molecular flexibility index (Phi) is 4.36. The van der Waals surface area contributed by atoms with Crippen molar-refractivity contribution in [3.8, 4) is 0 Å². The number of nitrogens with one attached hydrogen (secondary N) is 1. The molecular weight excluding hydrogens is 319 g/mol. The number of likely N-dealkylation sites (N-methyl/N-ethyl adjacent to an activating group) is 1. The molecule has 0 unspecified atom stereocenters. The first-order chi connectivity index (χ1) is 11.3. The minimum atomic E-state index is -4.90. The number of anilines is 2. The van der Waals surface area contributed by atoms with E-state index in [1.165, 1.54) is 6.07 Å². The molecule has 0 saturated carbocycles. The number of alkyl halides is 3. The molecular formula is C17H18F3N3O. The van der Waals surface area contributed by atoms with Crippen molar-refractivity contribution in [1.29, 1.82) is 0 Å². The summed E-state index contributed by atoms with van der Waals surface area (Å²) >= 11 is 0. The quantitative estimate of drug-likeness (QED) is 0.915. The van der Waals surface area contributed by atoms with E-state index in [0.717, 1.165) is 42.6 Å². The summed E-state index contributed by atoms with van der Waals surface area (Å²) in [6.07, 6.45) is -4.90. The lowest BCUT2D eigenvalue weighted by Gasteiger charge is -2.34. The van der Waals surface area contributed by atoms with Crippen molar-refractivity contribution in [2.45, 2.75) is 6.18 Å². The van der Waals surface area contributed by atoms with Gasteiger partial charge in [-0.2, -0.15) is 13.2 Å². The zero-order valence-electron chi connectivity index (χ0n) is 13.2. The van der Waals surface area contributed by atoms with Crippen molar-refractivity contribution in [2.75, 3.05) is 43.4 Å². The van der Waals surface area contributed by atoms with Gasteiger partial charge in [-0.15, -0.1) is 0 Å². The second-order valence-corrected chi connectivity index (χ2v) is 5.96. The van der Waals surface area contributed by atoms with Crippen LogP contribution < -0.4 is 10.2 Å². The summed E-state index contributed by atoms with van der Waals surface area (Å²) in [5, 5.41) is 3.68. The Morgan fingerprint density at radius 1 is 1.08 bits per heavy atom. The highest BCUT2D eigenvalue weighted by molar-refractivity contribution is 6.00. The van der Waals surface area contributed by atoms with E-state index in [9.17, 15) is 18.0 Å². The van der Waals surface area contributed by atoms with Crippen LogP contribution in [0.1, 0.15) is 0 Å². The fourth-order valence-electron chi connectivity index (χ4n) is 2.86. The molecule has 1 aliphatic rings. The van der Waals surface area contributed by atoms with Crippen molar-refractivity contribution in [2.24, 2.45) is 0 Å². The third-order valence-corrected chi connectivity index (χ3v) is 4.22. The second kappa shape index (κ2) is 6.32. The minimum absolute atomic E-state index is 0.145. The lowest BCUT2D eigenvalue weighted by Crippen LogP contribution is -2.44. The van der Waals surface area contributed by atoms with Gasteiger partial charge in [-0.05, 0) is 30.6 Å². The molecule has 128 valence electrons. The number of hydrogen-bond donors (Lipinski definition) is 1. The molecule has 1 fully saturated rings. The summed E-state index contributed by atoms with van der Waals surface area (Å²) in [4.78, 5) is 15.6. The number of amides is 1. The van der Waals surface area contributed by atoms with Gasteiger partial charge < -0.3 is 15.1 Å². The van der Waals surface area contributed by atoms with Crippen LogP contribution in [0.4, 0.5) is 24.5 Å². The smallest absolute Gasteiger partial charge is 0.368 e. The largest absolute Gasteiger partial charge is 0.471 e. The van der Waals surface area contributed by atoms with Crippen molar-refractivity contribution in [3.63, 3.8) is 0 Å². The topological polar surface area (TPSA) is 35.6 Å². The number of fused-ring (bicyclic) bond motifs is 1. The van der Waals surface area contributed by atoms with Gasteiger partial charge >= 0.3 is 12.1 Å². The highest BCUT2D eigenvalue weighted by atomic mass is 19.4. The lowest BCUT2D eigenvalue weighted by molar-refractivity contribution is -0.167. The Hall–Kier alpha value is -2.28. The Balaban J connectivity index is 1.93. The molecule has 3 rings (SSSR count). The van der Waals surface area contributed by atoms with E-state index in [2.05, 4.69) is 16.8 Å². The zero-order valence-corrected chi connectivity index (χ0v) is 13.2. The van der Waals surface area contributed by atoms with Gasteiger partial charge in [-0.1, -0.05) is 18.2 Å². The van der Waals surface area contributed by atoms with Crippen LogP contribution in [-0.2, 0) is 4.79 Å². The Labute approximate surface area is 137 Å². The average molecular weight is 337 g/mol. The molecule has 0 spiro atoms. The van der Waals surface area contributed by atoms with Crippen molar-refractivity contribution >= 4 is 28.1 Å². The Morgan fingerprint density at radius 3 is 2.46 bits per heavy atom. The fourth-order valence-corrected chi connectivity index (χ4v) is 2.86. The predicted octanol–water partition coefficient (Wildman–Crippen LogP) is 3.09. The van der Waals surface area contributed by atoms with Gasteiger partial charge in [0.2, 0.25) is 0 Å². The van der Waals surface area contributed by atoms with E-state index in [1.807, 2.05) is 23.5 Å². The van der Waals surface area contributed by atoms with E-state index >= 15 is 0 Å². The summed E-state index contributed by atoms with van der Waals surface area (Å²) in [5.41, 5.74) is 1.12. The summed E-state index contributed by atoms with van der Waals surface area (Å²) in [5.74, 6) is -1.96. The highest BCUT2D eigenvalue weighted by Crippen LogP contribution is 2.30. The fraction of sp³-hybridized carbons (Fsp3) is 0.353. The molecule has 1 heterocycles. The maximum atomic E-state index is 12.4. The minimum Gasteiger partial charge on any atom is -0.368 e. The Bertz CT molecular complexity index is 752. The maximum Gasteiger partial charge on any atom is 0.471 e. The first kappa shape index (κ1) is 16.6. The van der Waals surface area contributed by atoms with Crippen LogP contribution in [0.15, 0.2) is 36.4 Å². The zero-order chi connectivity index (χ0) is 17.3. The number of benzene rings is 2. The number of hydrogen-bond acceptors (Lipinski definition) is 3. The molecule has 1 amide bonds. The molecule has 1 aliphatic heterocycles. The van der Waals surface area contributed by atoms with E-state index in [4.69, 9.17) is 0 Å². The summed E-state index contributed by atoms with van der Waals surface area (Å²) in [6.45, 7) is 3.57. The molecule has 0 atom stereocenters. The van der Waals surface area contributed by atoms with Crippen LogP contribution in [0.3, 0.4) is 0 Å². The molecule has 1 N–H and O–H groups in total. The standard InChI is InChI=1S/C17H18F3N3O/c1-22-7-9-23(10-8-22)15-4-2-3-12-5-6-13(11-14(12)15)21-16(24)17(18,19)20/h2-6,11H,7-10H2,1H3,(H,21,24). The van der Waals surface area contributed by atoms with Crippen LogP contribution in [0.5, 0.6) is 0 Å². The third kappa shape index (κ3) is 3.46. The maximum absolute atomic E-state index is 12.4. The summed E-state index contributed by atoms with van der Waals surface area (Å²) in [7, 11) is 2.06. The molecule has 2 aromatic carbocycles. The number of piperazine rings is 1. The van der Waals surface area contributed by atoms with Crippen LogP contribution in [0, 0.1) is 0 Å². The second-order valence-electron chi connectivity index (χ2n) is 5.96. The summed E-state index contributed by atoms with van der Waals surface area (Å²) < 4.78 is 37.3. The van der Waals surface area contributed by atoms with Gasteiger partial charge in [0.15, 0.2) is 0 Å². The van der Waals surface area contributed by atoms with Gasteiger partial charge in [0.25, 0.3) is 0 Å². The lowest BCUT2D eigenvalue weighted by atomic mass is 10.1. The van der Waals surface area contributed by atoms with E-state index in [1.54, 1.807) is 12.1 Å². The summed E-state index contributed by atoms with van der Waals surface area (Å²) in [6, 6.07) is 10.6. The van der Waals surface area contributed by atoms with E-state index in [0.29, 0.717) is 0 Å². The van der Waals surface area contributed by atoms with Gasteiger partial charge in [0, 0.05) is 42.9 Å². The number of carbonyl (C=O) groups is 1. The number of halogens is 3. The van der Waals surface area contributed by atoms with Crippen molar-refractivity contribution in [3.05, 3.63) is 36.4 Å². The van der Waals surface area contributed by atoms with Crippen molar-refractivity contribution < 1.29 is 18.0 Å². The molecule has 0 radical (unpaired) electrons. The molecule has 4 nitrogen and oxygen atoms in total. The van der Waals surface area contributed by atoms with Crippen LogP contribution in [-0.4, -0.2) is 50.2 Å². The predicted molar refractivity (Wildman–Crippen MR) is 88.3 cm³/mol. The normalized spacial score (nSPS) is 16.4. The van der Waals surface area contributed by atoms with Crippen molar-refractivity contribution in [1.82, 2.24) is 4.90 Å². The van der Waals surface area contributed by atoms with Crippen LogP contribution >= 0.6 is 0 Å². The van der Waals surface area contributed by atoms with Gasteiger partial charge in [-0.3, -0.25) is 4.79 Å². The highest BCUT2D eigenvalue weighted by Gasteiger charge is 2.38.